The Morgan fingerprint density at radius 1 is 1.03 bits per heavy atom. The summed E-state index contributed by atoms with van der Waals surface area (Å²) in [5.74, 6) is 0.560. The zero-order valence-electron chi connectivity index (χ0n) is 15.0. The predicted molar refractivity (Wildman–Crippen MR) is 99.9 cm³/mol. The van der Waals surface area contributed by atoms with E-state index in [0.717, 1.165) is 12.1 Å². The number of benzene rings is 2. The summed E-state index contributed by atoms with van der Waals surface area (Å²) in [5.41, 5.74) is 0.455. The maximum atomic E-state index is 12.2. The minimum absolute atomic E-state index is 0.0185. The van der Waals surface area contributed by atoms with Gasteiger partial charge in [-0.3, -0.25) is 0 Å². The van der Waals surface area contributed by atoms with Gasteiger partial charge in [0.2, 0.25) is 15.2 Å². The zero-order chi connectivity index (χ0) is 21.8. The van der Waals surface area contributed by atoms with Gasteiger partial charge in [0.05, 0.1) is 17.2 Å². The van der Waals surface area contributed by atoms with Crippen molar-refractivity contribution in [3.63, 3.8) is 0 Å². The van der Waals surface area contributed by atoms with Crippen molar-refractivity contribution in [1.29, 1.82) is 0 Å². The predicted octanol–water partition coefficient (Wildman–Crippen LogP) is 2.38. The van der Waals surface area contributed by atoms with Gasteiger partial charge >= 0.3 is 6.36 Å². The van der Waals surface area contributed by atoms with Gasteiger partial charge in [-0.25, -0.2) is 13.6 Å². The molecule has 0 aliphatic carbocycles. The second kappa shape index (κ2) is 8.89. The molecule has 0 amide bonds. The summed E-state index contributed by atoms with van der Waals surface area (Å²) in [6, 6.07) is 10.8. The van der Waals surface area contributed by atoms with Gasteiger partial charge in [-0.15, -0.1) is 18.3 Å². The smallest absolute Gasteiger partial charge is 0.493 e. The summed E-state index contributed by atoms with van der Waals surface area (Å²) < 4.78 is 69.9. The molecule has 0 aliphatic heterocycles. The van der Waals surface area contributed by atoms with Crippen LogP contribution in [0.15, 0.2) is 58.6 Å². The van der Waals surface area contributed by atoms with Gasteiger partial charge in [-0.1, -0.05) is 11.8 Å². The van der Waals surface area contributed by atoms with Crippen molar-refractivity contribution in [2.24, 2.45) is 5.14 Å². The fourth-order valence-corrected chi connectivity index (χ4v) is 3.46. The van der Waals surface area contributed by atoms with E-state index in [0.29, 0.717) is 22.3 Å². The number of nitrogens with zero attached hydrogens (tertiary/aromatic N) is 4. The number of ether oxygens (including phenoxy) is 2. The van der Waals surface area contributed by atoms with Crippen LogP contribution >= 0.6 is 11.8 Å². The monoisotopic (exact) mass is 461 g/mol. The first-order valence-electron chi connectivity index (χ1n) is 8.15. The summed E-state index contributed by atoms with van der Waals surface area (Å²) in [6.07, 6.45) is -4.77. The van der Waals surface area contributed by atoms with Crippen LogP contribution in [0.5, 0.6) is 11.5 Å². The van der Waals surface area contributed by atoms with E-state index in [2.05, 4.69) is 20.3 Å². The third-order valence-electron chi connectivity index (χ3n) is 3.49. The second-order valence-electron chi connectivity index (χ2n) is 5.63. The van der Waals surface area contributed by atoms with E-state index >= 15 is 0 Å². The molecule has 0 fully saturated rings. The summed E-state index contributed by atoms with van der Waals surface area (Å²) in [5, 5.41) is 16.7. The average molecular weight is 461 g/mol. The first-order valence-corrected chi connectivity index (χ1v) is 10.7. The SMILES string of the molecule is NS(=O)(=O)c1ccc(OCCSc2nnnn2-c2ccc(OC(F)(F)F)cc2)cc1. The lowest BCUT2D eigenvalue weighted by atomic mass is 10.3. The van der Waals surface area contributed by atoms with Crippen molar-refractivity contribution in [2.45, 2.75) is 16.4 Å². The molecule has 0 unspecified atom stereocenters. The normalized spacial score (nSPS) is 12.0. The quantitative estimate of drug-likeness (QED) is 0.401. The molecular formula is C16H14F3N5O4S2. The van der Waals surface area contributed by atoms with E-state index in [-0.39, 0.29) is 17.3 Å². The number of nitrogens with two attached hydrogens (primary N) is 1. The Balaban J connectivity index is 1.55. The number of hydrogen-bond donors (Lipinski definition) is 1. The fraction of sp³-hybridized carbons (Fsp3) is 0.188. The number of aromatic nitrogens is 4. The Bertz CT molecular complexity index is 1090. The molecule has 3 rings (SSSR count). The highest BCUT2D eigenvalue weighted by Gasteiger charge is 2.31. The minimum Gasteiger partial charge on any atom is -0.493 e. The van der Waals surface area contributed by atoms with Crippen molar-refractivity contribution in [3.05, 3.63) is 48.5 Å². The highest BCUT2D eigenvalue weighted by Crippen LogP contribution is 2.25. The summed E-state index contributed by atoms with van der Waals surface area (Å²) in [7, 11) is -3.77. The Morgan fingerprint density at radius 3 is 2.27 bits per heavy atom. The molecule has 2 aromatic carbocycles. The van der Waals surface area contributed by atoms with Crippen LogP contribution < -0.4 is 14.6 Å². The first kappa shape index (κ1) is 21.9. The highest BCUT2D eigenvalue weighted by atomic mass is 32.2. The number of primary sulfonamides is 1. The van der Waals surface area contributed by atoms with Crippen molar-refractivity contribution in [2.75, 3.05) is 12.4 Å². The number of alkyl halides is 3. The van der Waals surface area contributed by atoms with Crippen LogP contribution in [-0.4, -0.2) is 47.3 Å². The molecule has 1 heterocycles. The van der Waals surface area contributed by atoms with E-state index in [1.807, 2.05) is 0 Å². The molecule has 0 radical (unpaired) electrons. The zero-order valence-corrected chi connectivity index (χ0v) is 16.6. The van der Waals surface area contributed by atoms with Crippen LogP contribution in [0.1, 0.15) is 0 Å². The van der Waals surface area contributed by atoms with Gasteiger partial charge in [0, 0.05) is 5.75 Å². The van der Waals surface area contributed by atoms with Crippen LogP contribution in [0.2, 0.25) is 0 Å². The topological polar surface area (TPSA) is 122 Å². The largest absolute Gasteiger partial charge is 0.573 e. The molecule has 1 aromatic heterocycles. The van der Waals surface area contributed by atoms with Gasteiger partial charge in [0.15, 0.2) is 0 Å². The average Bonchev–Trinajstić information content (AvgIpc) is 3.13. The Kier molecular flexibility index (Phi) is 6.48. The number of hydrogen-bond acceptors (Lipinski definition) is 8. The van der Waals surface area contributed by atoms with Crippen molar-refractivity contribution in [3.8, 4) is 17.2 Å². The molecule has 0 spiro atoms. The molecule has 0 bridgehead atoms. The van der Waals surface area contributed by atoms with Crippen LogP contribution in [0.4, 0.5) is 13.2 Å². The van der Waals surface area contributed by atoms with Crippen LogP contribution in [0, 0.1) is 0 Å². The molecular weight excluding hydrogens is 447 g/mol. The highest BCUT2D eigenvalue weighted by molar-refractivity contribution is 7.99. The van der Waals surface area contributed by atoms with E-state index < -0.39 is 16.4 Å². The van der Waals surface area contributed by atoms with Crippen molar-refractivity contribution < 1.29 is 31.1 Å². The Hall–Kier alpha value is -2.84. The first-order chi connectivity index (χ1) is 14.1. The number of halogens is 3. The summed E-state index contributed by atoms with van der Waals surface area (Å²) in [4.78, 5) is -0.0185. The third kappa shape index (κ3) is 6.08. The van der Waals surface area contributed by atoms with Gasteiger partial charge in [0.1, 0.15) is 11.5 Å². The maximum Gasteiger partial charge on any atom is 0.573 e. The molecule has 0 saturated heterocycles. The van der Waals surface area contributed by atoms with Crippen LogP contribution in [0.25, 0.3) is 5.69 Å². The van der Waals surface area contributed by atoms with Gasteiger partial charge < -0.3 is 9.47 Å². The molecule has 3 aromatic rings. The Labute approximate surface area is 173 Å². The molecule has 14 heteroatoms. The van der Waals surface area contributed by atoms with Crippen LogP contribution in [-0.2, 0) is 10.0 Å². The lowest BCUT2D eigenvalue weighted by Crippen LogP contribution is -2.17. The van der Waals surface area contributed by atoms with Crippen LogP contribution in [0.3, 0.4) is 0 Å². The molecule has 160 valence electrons. The fourth-order valence-electron chi connectivity index (χ4n) is 2.24. The second-order valence-corrected chi connectivity index (χ2v) is 8.25. The molecule has 2 N–H and O–H groups in total. The molecule has 0 atom stereocenters. The number of sulfonamides is 1. The molecule has 0 saturated carbocycles. The van der Waals surface area contributed by atoms with E-state index in [1.165, 1.54) is 52.8 Å². The summed E-state index contributed by atoms with van der Waals surface area (Å²) >= 11 is 1.26. The van der Waals surface area contributed by atoms with E-state index in [9.17, 15) is 21.6 Å². The molecule has 30 heavy (non-hydrogen) atoms. The van der Waals surface area contributed by atoms with E-state index in [4.69, 9.17) is 9.88 Å². The van der Waals surface area contributed by atoms with Gasteiger partial charge in [-0.05, 0) is 59.0 Å². The maximum absolute atomic E-state index is 12.2. The third-order valence-corrected chi connectivity index (χ3v) is 5.30. The lowest BCUT2D eigenvalue weighted by molar-refractivity contribution is -0.274. The number of tetrazole rings is 1. The lowest BCUT2D eigenvalue weighted by Gasteiger charge is -2.10. The van der Waals surface area contributed by atoms with Crippen molar-refractivity contribution >= 4 is 21.8 Å². The molecule has 0 aliphatic rings. The minimum atomic E-state index is -4.77. The number of rotatable bonds is 8. The van der Waals surface area contributed by atoms with Crippen molar-refractivity contribution in [1.82, 2.24) is 20.2 Å². The summed E-state index contributed by atoms with van der Waals surface area (Å²) in [6.45, 7) is 0.268. The van der Waals surface area contributed by atoms with Gasteiger partial charge in [-0.2, -0.15) is 4.68 Å². The Morgan fingerprint density at radius 2 is 1.67 bits per heavy atom. The van der Waals surface area contributed by atoms with E-state index in [1.54, 1.807) is 0 Å². The number of thioether (sulfide) groups is 1. The molecule has 9 nitrogen and oxygen atoms in total. The standard InChI is InChI=1S/C16H14F3N5O4S2/c17-16(18,19)28-13-3-1-11(2-4-13)24-15(21-22-23-24)29-10-9-27-12-5-7-14(8-6-12)30(20,25)26/h1-8H,9-10H2,(H2,20,25,26). The van der Waals surface area contributed by atoms with Gasteiger partial charge in [0.25, 0.3) is 0 Å².